The van der Waals surface area contributed by atoms with Gasteiger partial charge in [-0.2, -0.15) is 0 Å². The summed E-state index contributed by atoms with van der Waals surface area (Å²) in [6.07, 6.45) is 6.09. The number of aromatic nitrogens is 3. The van der Waals surface area contributed by atoms with Gasteiger partial charge in [-0.25, -0.2) is 9.97 Å². The van der Waals surface area contributed by atoms with Crippen LogP contribution >= 0.6 is 22.9 Å². The second-order valence-electron chi connectivity index (χ2n) is 7.16. The fraction of sp³-hybridized carbons (Fsp3) is 0.238. The number of aliphatic hydroxyl groups is 1. The lowest BCUT2D eigenvalue weighted by Gasteiger charge is -2.34. The predicted molar refractivity (Wildman–Crippen MR) is 110 cm³/mol. The quantitative estimate of drug-likeness (QED) is 0.468. The third-order valence-corrected chi connectivity index (χ3v) is 6.87. The van der Waals surface area contributed by atoms with E-state index in [1.54, 1.807) is 6.20 Å². The summed E-state index contributed by atoms with van der Waals surface area (Å²) in [4.78, 5) is 13.3. The molecule has 4 aromatic rings. The average molecular weight is 396 g/mol. The molecule has 0 spiro atoms. The molecule has 3 aromatic heterocycles. The monoisotopic (exact) mass is 395 g/mol. The highest BCUT2D eigenvalue weighted by molar-refractivity contribution is 7.15. The molecule has 4 nitrogen and oxygen atoms in total. The van der Waals surface area contributed by atoms with Crippen LogP contribution in [0.15, 0.2) is 42.7 Å². The number of nitrogens with zero attached hydrogens (tertiary/aromatic N) is 2. The summed E-state index contributed by atoms with van der Waals surface area (Å²) < 4.78 is 0. The lowest BCUT2D eigenvalue weighted by atomic mass is 9.81. The Labute approximate surface area is 165 Å². The number of fused-ring (bicyclic) bond motifs is 1. The number of aromatic amines is 1. The van der Waals surface area contributed by atoms with Gasteiger partial charge in [0.15, 0.2) is 0 Å². The molecule has 1 aliphatic carbocycles. The molecule has 0 bridgehead atoms. The minimum absolute atomic E-state index is 0.591. The van der Waals surface area contributed by atoms with E-state index in [9.17, 15) is 5.11 Å². The molecule has 0 unspecified atom stereocenters. The van der Waals surface area contributed by atoms with Crippen LogP contribution in [-0.4, -0.2) is 20.1 Å². The van der Waals surface area contributed by atoms with Crippen molar-refractivity contribution in [2.45, 2.75) is 31.8 Å². The summed E-state index contributed by atoms with van der Waals surface area (Å²) in [7, 11) is 0. The molecule has 2 N–H and O–H groups in total. The zero-order valence-corrected chi connectivity index (χ0v) is 16.4. The minimum Gasteiger partial charge on any atom is -0.383 e. The molecule has 1 aromatic carbocycles. The molecule has 1 saturated carbocycles. The zero-order valence-electron chi connectivity index (χ0n) is 14.8. The number of thiazole rings is 1. The van der Waals surface area contributed by atoms with E-state index >= 15 is 0 Å². The van der Waals surface area contributed by atoms with Crippen molar-refractivity contribution in [1.82, 2.24) is 15.0 Å². The van der Waals surface area contributed by atoms with Crippen LogP contribution in [-0.2, 0) is 5.60 Å². The summed E-state index contributed by atoms with van der Waals surface area (Å²) in [6, 6.07) is 10.4. The van der Waals surface area contributed by atoms with Crippen molar-refractivity contribution >= 4 is 34.0 Å². The van der Waals surface area contributed by atoms with Gasteiger partial charge in [-0.1, -0.05) is 35.9 Å². The zero-order chi connectivity index (χ0) is 18.6. The van der Waals surface area contributed by atoms with Crippen LogP contribution in [0.2, 0.25) is 5.02 Å². The molecular weight excluding hydrogens is 378 g/mol. The number of hydrogen-bond acceptors (Lipinski definition) is 4. The molecular formula is C21H18ClN3OS. The van der Waals surface area contributed by atoms with Gasteiger partial charge in [0.25, 0.3) is 0 Å². The van der Waals surface area contributed by atoms with Crippen LogP contribution in [0.4, 0.5) is 0 Å². The maximum atomic E-state index is 10.6. The Morgan fingerprint density at radius 1 is 1.19 bits per heavy atom. The van der Waals surface area contributed by atoms with E-state index in [1.807, 2.05) is 18.3 Å². The first kappa shape index (κ1) is 16.9. The highest BCUT2D eigenvalue weighted by Gasteiger charge is 2.39. The van der Waals surface area contributed by atoms with Crippen molar-refractivity contribution in [1.29, 1.82) is 0 Å². The highest BCUT2D eigenvalue weighted by atomic mass is 35.5. The van der Waals surface area contributed by atoms with Crippen LogP contribution in [0.25, 0.3) is 32.7 Å². The second kappa shape index (κ2) is 6.16. The van der Waals surface area contributed by atoms with Gasteiger partial charge in [0.2, 0.25) is 0 Å². The standard InChI is InChI=1S/C21H18ClN3OS/c1-12-5-2-3-6-13(12)16-9-14-18(15(22)10-23-19(14)25-16)17-11-24-20(27-17)21(26)7-4-8-21/h2-3,5-6,9-11,26H,4,7-8H2,1H3,(H,23,25). The van der Waals surface area contributed by atoms with E-state index in [-0.39, 0.29) is 0 Å². The summed E-state index contributed by atoms with van der Waals surface area (Å²) in [6.45, 7) is 2.09. The van der Waals surface area contributed by atoms with E-state index in [0.29, 0.717) is 5.02 Å². The average Bonchev–Trinajstić information content (AvgIpc) is 3.27. The Hall–Kier alpha value is -2.21. The van der Waals surface area contributed by atoms with E-state index in [2.05, 4.69) is 40.1 Å². The summed E-state index contributed by atoms with van der Waals surface area (Å²) in [5, 5.41) is 12.9. The first-order valence-electron chi connectivity index (χ1n) is 8.97. The lowest BCUT2D eigenvalue weighted by molar-refractivity contribution is -0.0389. The van der Waals surface area contributed by atoms with Crippen molar-refractivity contribution in [3.63, 3.8) is 0 Å². The maximum Gasteiger partial charge on any atom is 0.138 e. The topological polar surface area (TPSA) is 61.8 Å². The second-order valence-corrected chi connectivity index (χ2v) is 8.59. The molecule has 0 amide bonds. The molecule has 0 aliphatic heterocycles. The van der Waals surface area contributed by atoms with Crippen molar-refractivity contribution in [3.05, 3.63) is 58.3 Å². The SMILES string of the molecule is Cc1ccccc1-c1cc2c(-c3cnc(C4(O)CCC4)s3)c(Cl)cnc2[nH]1. The largest absolute Gasteiger partial charge is 0.383 e. The molecule has 1 fully saturated rings. The molecule has 1 aliphatic rings. The van der Waals surface area contributed by atoms with E-state index < -0.39 is 5.60 Å². The number of pyridine rings is 1. The number of halogens is 1. The van der Waals surface area contributed by atoms with Crippen LogP contribution in [0, 0.1) is 6.92 Å². The number of rotatable bonds is 3. The Bertz CT molecular complexity index is 1160. The van der Waals surface area contributed by atoms with Crippen molar-refractivity contribution < 1.29 is 5.11 Å². The molecule has 3 heterocycles. The Balaban J connectivity index is 1.66. The van der Waals surface area contributed by atoms with Crippen molar-refractivity contribution in [3.8, 4) is 21.7 Å². The molecule has 0 saturated heterocycles. The van der Waals surface area contributed by atoms with E-state index in [0.717, 1.165) is 57.0 Å². The van der Waals surface area contributed by atoms with Gasteiger partial charge in [0.05, 0.1) is 9.90 Å². The third kappa shape index (κ3) is 2.69. The summed E-state index contributed by atoms with van der Waals surface area (Å²) in [5.74, 6) is 0. The Morgan fingerprint density at radius 2 is 2.00 bits per heavy atom. The van der Waals surface area contributed by atoms with Gasteiger partial charge in [-0.15, -0.1) is 11.3 Å². The van der Waals surface area contributed by atoms with E-state index in [4.69, 9.17) is 11.6 Å². The maximum absolute atomic E-state index is 10.6. The third-order valence-electron chi connectivity index (χ3n) is 5.38. The van der Waals surface area contributed by atoms with Crippen LogP contribution in [0.1, 0.15) is 29.8 Å². The predicted octanol–water partition coefficient (Wildman–Crippen LogP) is 5.69. The van der Waals surface area contributed by atoms with Crippen LogP contribution in [0.3, 0.4) is 0 Å². The number of aryl methyl sites for hydroxylation is 1. The van der Waals surface area contributed by atoms with Crippen molar-refractivity contribution in [2.75, 3.05) is 0 Å². The molecule has 0 radical (unpaired) electrons. The van der Waals surface area contributed by atoms with Crippen molar-refractivity contribution in [2.24, 2.45) is 0 Å². The van der Waals surface area contributed by atoms with Crippen LogP contribution < -0.4 is 0 Å². The molecule has 27 heavy (non-hydrogen) atoms. The van der Waals surface area contributed by atoms with Gasteiger partial charge in [0.1, 0.15) is 16.3 Å². The smallest absolute Gasteiger partial charge is 0.138 e. The van der Waals surface area contributed by atoms with Gasteiger partial charge in [-0.3, -0.25) is 0 Å². The number of benzene rings is 1. The first-order chi connectivity index (χ1) is 13.0. The number of hydrogen-bond donors (Lipinski definition) is 2. The first-order valence-corrected chi connectivity index (χ1v) is 10.2. The fourth-order valence-electron chi connectivity index (χ4n) is 3.65. The number of nitrogens with one attached hydrogen (secondary N) is 1. The molecule has 6 heteroatoms. The molecule has 5 rings (SSSR count). The van der Waals surface area contributed by atoms with E-state index in [1.165, 1.54) is 16.9 Å². The highest BCUT2D eigenvalue weighted by Crippen LogP contribution is 2.46. The van der Waals surface area contributed by atoms with Crippen LogP contribution in [0.5, 0.6) is 0 Å². The lowest BCUT2D eigenvalue weighted by Crippen LogP contribution is -2.33. The molecule has 136 valence electrons. The van der Waals surface area contributed by atoms with Gasteiger partial charge in [-0.05, 0) is 37.8 Å². The Kier molecular flexibility index (Phi) is 3.86. The minimum atomic E-state index is -0.758. The van der Waals surface area contributed by atoms with Gasteiger partial charge >= 0.3 is 0 Å². The normalized spacial score (nSPS) is 15.8. The Morgan fingerprint density at radius 3 is 2.74 bits per heavy atom. The summed E-state index contributed by atoms with van der Waals surface area (Å²) >= 11 is 8.05. The summed E-state index contributed by atoms with van der Waals surface area (Å²) in [5.41, 5.74) is 4.32. The van der Waals surface area contributed by atoms with Gasteiger partial charge in [0, 0.05) is 34.6 Å². The fourth-order valence-corrected chi connectivity index (χ4v) is 5.10. The molecule has 0 atom stereocenters. The van der Waals surface area contributed by atoms with Gasteiger partial charge < -0.3 is 10.1 Å². The number of H-pyrrole nitrogens is 1.